The van der Waals surface area contributed by atoms with Gasteiger partial charge in [-0.15, -0.1) is 0 Å². The maximum Gasteiger partial charge on any atom is 0.0692 e. The summed E-state index contributed by atoms with van der Waals surface area (Å²) in [5.41, 5.74) is 2.22. The molecule has 100 valence electrons. The molecule has 1 atom stereocenters. The molecule has 2 N–H and O–H groups in total. The van der Waals surface area contributed by atoms with Gasteiger partial charge >= 0.3 is 0 Å². The Morgan fingerprint density at radius 2 is 1.83 bits per heavy atom. The van der Waals surface area contributed by atoms with Crippen LogP contribution < -0.4 is 5.32 Å². The van der Waals surface area contributed by atoms with E-state index in [1.165, 1.54) is 0 Å². The first-order chi connectivity index (χ1) is 8.69. The van der Waals surface area contributed by atoms with Crippen molar-refractivity contribution < 1.29 is 5.11 Å². The molecular formula is C16H25NO. The summed E-state index contributed by atoms with van der Waals surface area (Å²) in [6, 6.07) is 10.1. The average molecular weight is 247 g/mol. The second-order valence-corrected chi connectivity index (χ2v) is 4.74. The monoisotopic (exact) mass is 247 g/mol. The van der Waals surface area contributed by atoms with Crippen molar-refractivity contribution in [1.82, 2.24) is 5.32 Å². The maximum absolute atomic E-state index is 10.0. The van der Waals surface area contributed by atoms with Gasteiger partial charge in [-0.2, -0.15) is 0 Å². The first kappa shape index (κ1) is 14.9. The van der Waals surface area contributed by atoms with Crippen molar-refractivity contribution in [2.45, 2.75) is 32.8 Å². The number of rotatable bonds is 8. The van der Waals surface area contributed by atoms with Gasteiger partial charge in [-0.25, -0.2) is 0 Å². The molecule has 2 heteroatoms. The van der Waals surface area contributed by atoms with E-state index in [9.17, 15) is 5.11 Å². The van der Waals surface area contributed by atoms with Crippen LogP contribution in [0.25, 0.3) is 5.57 Å². The van der Waals surface area contributed by atoms with Gasteiger partial charge in [0.15, 0.2) is 0 Å². The summed E-state index contributed by atoms with van der Waals surface area (Å²) in [5, 5.41) is 13.3. The second-order valence-electron chi connectivity index (χ2n) is 4.74. The molecule has 0 saturated heterocycles. The summed E-state index contributed by atoms with van der Waals surface area (Å²) in [4.78, 5) is 0. The normalized spacial score (nSPS) is 12.7. The molecule has 1 unspecified atom stereocenters. The zero-order valence-corrected chi connectivity index (χ0v) is 11.5. The van der Waals surface area contributed by atoms with Gasteiger partial charge < -0.3 is 10.4 Å². The molecule has 0 fully saturated rings. The highest BCUT2D eigenvalue weighted by molar-refractivity contribution is 5.64. The van der Waals surface area contributed by atoms with Gasteiger partial charge in [0.25, 0.3) is 0 Å². The summed E-state index contributed by atoms with van der Waals surface area (Å²) in [7, 11) is 0. The molecule has 0 aliphatic heterocycles. The Kier molecular flexibility index (Phi) is 6.69. The molecule has 0 radical (unpaired) electrons. The van der Waals surface area contributed by atoms with E-state index in [2.05, 4.69) is 37.9 Å². The quantitative estimate of drug-likeness (QED) is 0.740. The van der Waals surface area contributed by atoms with Crippen molar-refractivity contribution in [2.75, 3.05) is 13.1 Å². The minimum atomic E-state index is -0.261. The zero-order chi connectivity index (χ0) is 13.4. The first-order valence-corrected chi connectivity index (χ1v) is 6.81. The van der Waals surface area contributed by atoms with Crippen LogP contribution in [0.15, 0.2) is 36.9 Å². The lowest BCUT2D eigenvalue weighted by molar-refractivity contribution is 0.103. The maximum atomic E-state index is 10.0. The molecule has 1 aromatic rings. The van der Waals surface area contributed by atoms with E-state index in [-0.39, 0.29) is 6.10 Å². The van der Waals surface area contributed by atoms with E-state index in [0.29, 0.717) is 12.5 Å². The Labute approximate surface area is 111 Å². The molecule has 1 rings (SSSR count). The molecule has 0 amide bonds. The van der Waals surface area contributed by atoms with E-state index in [0.717, 1.165) is 30.5 Å². The van der Waals surface area contributed by atoms with Crippen LogP contribution in [-0.2, 0) is 0 Å². The number of benzene rings is 1. The van der Waals surface area contributed by atoms with Crippen LogP contribution in [0.4, 0.5) is 0 Å². The third kappa shape index (κ3) is 4.63. The minimum absolute atomic E-state index is 0.261. The fraction of sp³-hybridized carbons (Fsp3) is 0.500. The fourth-order valence-electron chi connectivity index (χ4n) is 2.15. The number of hydrogen-bond donors (Lipinski definition) is 2. The standard InChI is InChI=1S/C16H25NO/c1-4-14(5-2)16(18)12-17-11-13(3)15-9-7-6-8-10-15/h6-10,14,16-18H,3-5,11-12H2,1-2H3. The van der Waals surface area contributed by atoms with Crippen molar-refractivity contribution in [3.8, 4) is 0 Å². The van der Waals surface area contributed by atoms with Gasteiger partial charge in [-0.05, 0) is 17.1 Å². The molecule has 0 bridgehead atoms. The first-order valence-electron chi connectivity index (χ1n) is 6.81. The summed E-state index contributed by atoms with van der Waals surface area (Å²) in [5.74, 6) is 0.391. The third-order valence-corrected chi connectivity index (χ3v) is 3.47. The summed E-state index contributed by atoms with van der Waals surface area (Å²) in [6.07, 6.45) is 1.79. The Hall–Kier alpha value is -1.12. The molecule has 18 heavy (non-hydrogen) atoms. The summed E-state index contributed by atoms with van der Waals surface area (Å²) in [6.45, 7) is 9.67. The van der Waals surface area contributed by atoms with Crippen LogP contribution in [0.1, 0.15) is 32.3 Å². The van der Waals surface area contributed by atoms with E-state index in [1.54, 1.807) is 0 Å². The lowest BCUT2D eigenvalue weighted by Gasteiger charge is -2.20. The van der Waals surface area contributed by atoms with Gasteiger partial charge in [0.1, 0.15) is 0 Å². The minimum Gasteiger partial charge on any atom is -0.392 e. The van der Waals surface area contributed by atoms with E-state index >= 15 is 0 Å². The van der Waals surface area contributed by atoms with Crippen molar-refractivity contribution >= 4 is 5.57 Å². The number of aliphatic hydroxyl groups is 1. The molecule has 0 aromatic heterocycles. The zero-order valence-electron chi connectivity index (χ0n) is 11.5. The third-order valence-electron chi connectivity index (χ3n) is 3.47. The average Bonchev–Trinajstić information content (AvgIpc) is 2.41. The molecule has 2 nitrogen and oxygen atoms in total. The Bertz CT molecular complexity index is 343. The molecule has 0 aliphatic rings. The Balaban J connectivity index is 2.32. The molecule has 0 aliphatic carbocycles. The number of aliphatic hydroxyl groups excluding tert-OH is 1. The van der Waals surface area contributed by atoms with Gasteiger partial charge in [0.05, 0.1) is 6.10 Å². The smallest absolute Gasteiger partial charge is 0.0692 e. The van der Waals surface area contributed by atoms with Crippen LogP contribution in [0.2, 0.25) is 0 Å². The highest BCUT2D eigenvalue weighted by Gasteiger charge is 2.14. The van der Waals surface area contributed by atoms with Gasteiger partial charge in [-0.1, -0.05) is 63.6 Å². The largest absolute Gasteiger partial charge is 0.392 e. The van der Waals surface area contributed by atoms with Gasteiger partial charge in [-0.3, -0.25) is 0 Å². The molecule has 0 spiro atoms. The number of hydrogen-bond acceptors (Lipinski definition) is 2. The van der Waals surface area contributed by atoms with Crippen LogP contribution in [0, 0.1) is 5.92 Å². The second kappa shape index (κ2) is 8.06. The fourth-order valence-corrected chi connectivity index (χ4v) is 2.15. The Morgan fingerprint density at radius 1 is 1.22 bits per heavy atom. The Morgan fingerprint density at radius 3 is 2.39 bits per heavy atom. The van der Waals surface area contributed by atoms with Gasteiger partial charge in [0.2, 0.25) is 0 Å². The topological polar surface area (TPSA) is 32.3 Å². The lowest BCUT2D eigenvalue weighted by Crippen LogP contribution is -2.33. The van der Waals surface area contributed by atoms with Crippen LogP contribution >= 0.6 is 0 Å². The summed E-state index contributed by atoms with van der Waals surface area (Å²) < 4.78 is 0. The predicted molar refractivity (Wildman–Crippen MR) is 78.4 cm³/mol. The SMILES string of the molecule is C=C(CNCC(O)C(CC)CC)c1ccccc1. The number of nitrogens with one attached hydrogen (secondary N) is 1. The predicted octanol–water partition coefficient (Wildman–Crippen LogP) is 3.09. The van der Waals surface area contributed by atoms with E-state index < -0.39 is 0 Å². The van der Waals surface area contributed by atoms with Crippen LogP contribution in [0.3, 0.4) is 0 Å². The molecule has 0 saturated carbocycles. The van der Waals surface area contributed by atoms with Crippen molar-refractivity contribution in [3.63, 3.8) is 0 Å². The highest BCUT2D eigenvalue weighted by Crippen LogP contribution is 2.13. The van der Waals surface area contributed by atoms with Crippen molar-refractivity contribution in [2.24, 2.45) is 5.92 Å². The van der Waals surface area contributed by atoms with Crippen molar-refractivity contribution in [1.29, 1.82) is 0 Å². The summed E-state index contributed by atoms with van der Waals surface area (Å²) >= 11 is 0. The lowest BCUT2D eigenvalue weighted by atomic mass is 9.96. The molecule has 0 heterocycles. The van der Waals surface area contributed by atoms with Crippen molar-refractivity contribution in [3.05, 3.63) is 42.5 Å². The van der Waals surface area contributed by atoms with Gasteiger partial charge in [0, 0.05) is 13.1 Å². The highest BCUT2D eigenvalue weighted by atomic mass is 16.3. The molecule has 1 aromatic carbocycles. The molecular weight excluding hydrogens is 222 g/mol. The van der Waals surface area contributed by atoms with E-state index in [1.807, 2.05) is 18.2 Å². The van der Waals surface area contributed by atoms with Crippen LogP contribution in [0.5, 0.6) is 0 Å². The van der Waals surface area contributed by atoms with E-state index in [4.69, 9.17) is 0 Å². The van der Waals surface area contributed by atoms with Crippen LogP contribution in [-0.4, -0.2) is 24.3 Å².